The van der Waals surface area contributed by atoms with Crippen LogP contribution in [0.4, 0.5) is 11.4 Å². The van der Waals surface area contributed by atoms with Crippen LogP contribution in [-0.2, 0) is 11.3 Å². The van der Waals surface area contributed by atoms with Gasteiger partial charge in [-0.3, -0.25) is 10.1 Å². The molecule has 1 unspecified atom stereocenters. The van der Waals surface area contributed by atoms with Gasteiger partial charge in [0.15, 0.2) is 0 Å². The van der Waals surface area contributed by atoms with Crippen LogP contribution in [0.3, 0.4) is 0 Å². The Morgan fingerprint density at radius 3 is 2.62 bits per heavy atom. The molecule has 7 nitrogen and oxygen atoms in total. The van der Waals surface area contributed by atoms with E-state index in [0.717, 1.165) is 22.3 Å². The summed E-state index contributed by atoms with van der Waals surface area (Å²) in [6, 6.07) is 20.0. The van der Waals surface area contributed by atoms with Crippen molar-refractivity contribution in [3.63, 3.8) is 0 Å². The summed E-state index contributed by atoms with van der Waals surface area (Å²) in [5.41, 5.74) is 4.51. The summed E-state index contributed by atoms with van der Waals surface area (Å²) in [7, 11) is 0. The van der Waals surface area contributed by atoms with E-state index in [-0.39, 0.29) is 35.5 Å². The highest BCUT2D eigenvalue weighted by Crippen LogP contribution is 2.47. The van der Waals surface area contributed by atoms with Gasteiger partial charge in [-0.05, 0) is 47.2 Å². The van der Waals surface area contributed by atoms with Crippen LogP contribution in [0.15, 0.2) is 60.7 Å². The molecule has 3 aromatic carbocycles. The quantitative estimate of drug-likeness (QED) is 0.256. The molecule has 1 aliphatic heterocycles. The molecule has 172 valence electrons. The number of fused-ring (bicyclic) bond motifs is 2. The minimum atomic E-state index is -0.590. The Morgan fingerprint density at radius 1 is 1.18 bits per heavy atom. The second-order valence-electron chi connectivity index (χ2n) is 8.55. The molecule has 0 amide bonds. The third-order valence-corrected chi connectivity index (χ3v) is 6.09. The smallest absolute Gasteiger partial charge is 0.340 e. The molecular formula is C27H25N3O4. The SMILES string of the molecule is CCOC(=O)c1cccc([N+](=O)[O-])c1N1Cc2ccc(-c3ccccc3C#N)c(c2)C1C(C)C. The van der Waals surface area contributed by atoms with E-state index in [1.165, 1.54) is 12.1 Å². The van der Waals surface area contributed by atoms with Crippen LogP contribution in [0.5, 0.6) is 0 Å². The highest BCUT2D eigenvalue weighted by molar-refractivity contribution is 5.98. The van der Waals surface area contributed by atoms with Gasteiger partial charge in [0.2, 0.25) is 0 Å². The Morgan fingerprint density at radius 2 is 1.94 bits per heavy atom. The van der Waals surface area contributed by atoms with Crippen molar-refractivity contribution in [2.75, 3.05) is 11.5 Å². The monoisotopic (exact) mass is 455 g/mol. The summed E-state index contributed by atoms with van der Waals surface area (Å²) in [6.45, 7) is 6.38. The molecule has 0 spiro atoms. The summed E-state index contributed by atoms with van der Waals surface area (Å²) >= 11 is 0. The van der Waals surface area contributed by atoms with E-state index >= 15 is 0 Å². The van der Waals surface area contributed by atoms with Gasteiger partial charge in [0.05, 0.1) is 34.8 Å². The number of benzene rings is 3. The lowest BCUT2D eigenvalue weighted by molar-refractivity contribution is -0.384. The molecular weight excluding hydrogens is 430 g/mol. The van der Waals surface area contributed by atoms with E-state index in [0.29, 0.717) is 12.1 Å². The number of rotatable bonds is 6. The number of nitro groups is 1. The van der Waals surface area contributed by atoms with Crippen LogP contribution in [0.25, 0.3) is 11.1 Å². The number of ether oxygens (including phenoxy) is 1. The molecule has 34 heavy (non-hydrogen) atoms. The highest BCUT2D eigenvalue weighted by atomic mass is 16.6. The van der Waals surface area contributed by atoms with Gasteiger partial charge in [0.1, 0.15) is 5.69 Å². The van der Waals surface area contributed by atoms with Crippen LogP contribution in [-0.4, -0.2) is 17.5 Å². The fourth-order valence-corrected chi connectivity index (χ4v) is 4.77. The molecule has 1 heterocycles. The second-order valence-corrected chi connectivity index (χ2v) is 8.55. The first-order valence-corrected chi connectivity index (χ1v) is 11.2. The Labute approximate surface area is 198 Å². The molecule has 4 rings (SSSR count). The lowest BCUT2D eigenvalue weighted by atomic mass is 9.82. The van der Waals surface area contributed by atoms with Gasteiger partial charge >= 0.3 is 5.97 Å². The predicted molar refractivity (Wildman–Crippen MR) is 129 cm³/mol. The molecule has 1 atom stereocenters. The first-order valence-electron chi connectivity index (χ1n) is 11.2. The molecule has 3 aromatic rings. The topological polar surface area (TPSA) is 96.5 Å². The van der Waals surface area contributed by atoms with Gasteiger partial charge in [-0.15, -0.1) is 0 Å². The molecule has 7 heteroatoms. The minimum absolute atomic E-state index is 0.0541. The van der Waals surface area contributed by atoms with Gasteiger partial charge in [-0.2, -0.15) is 5.26 Å². The largest absolute Gasteiger partial charge is 0.462 e. The van der Waals surface area contributed by atoms with Crippen molar-refractivity contribution >= 4 is 17.3 Å². The molecule has 0 saturated heterocycles. The maximum atomic E-state index is 12.8. The summed E-state index contributed by atoms with van der Waals surface area (Å²) in [6.07, 6.45) is 0. The standard InChI is InChI=1S/C27H25N3O4/c1-4-34-27(31)22-10-7-11-24(30(32)33)26(22)29-16-18-12-13-21(23(14-18)25(29)17(2)3)20-9-6-5-8-19(20)15-28/h5-14,17,25H,4,16H2,1-3H3. The maximum absolute atomic E-state index is 12.8. The number of nitriles is 1. The molecule has 0 saturated carbocycles. The van der Waals surface area contributed by atoms with E-state index < -0.39 is 10.9 Å². The van der Waals surface area contributed by atoms with Crippen LogP contribution in [0, 0.1) is 27.4 Å². The van der Waals surface area contributed by atoms with Gasteiger partial charge in [-0.1, -0.05) is 56.3 Å². The van der Waals surface area contributed by atoms with E-state index in [1.54, 1.807) is 19.1 Å². The molecule has 0 fully saturated rings. The molecule has 0 radical (unpaired) electrons. The third-order valence-electron chi connectivity index (χ3n) is 6.09. The number of nitrogens with zero attached hydrogens (tertiary/aromatic N) is 3. The van der Waals surface area contributed by atoms with Crippen molar-refractivity contribution < 1.29 is 14.5 Å². The molecule has 0 N–H and O–H groups in total. The number of hydrogen-bond acceptors (Lipinski definition) is 6. The van der Waals surface area contributed by atoms with Crippen LogP contribution < -0.4 is 4.90 Å². The average molecular weight is 456 g/mol. The Kier molecular flexibility index (Phi) is 6.33. The molecule has 1 aliphatic rings. The summed E-state index contributed by atoms with van der Waals surface area (Å²) < 4.78 is 5.24. The van der Waals surface area contributed by atoms with Gasteiger partial charge < -0.3 is 9.64 Å². The van der Waals surface area contributed by atoms with Crippen molar-refractivity contribution in [3.8, 4) is 17.2 Å². The number of nitro benzene ring substituents is 1. The van der Waals surface area contributed by atoms with Gasteiger partial charge in [0, 0.05) is 12.6 Å². The predicted octanol–water partition coefficient (Wildman–Crippen LogP) is 6.03. The number of hydrogen-bond donors (Lipinski definition) is 0. The average Bonchev–Trinajstić information content (AvgIpc) is 2.83. The zero-order valence-electron chi connectivity index (χ0n) is 19.3. The van der Waals surface area contributed by atoms with Crippen LogP contribution >= 0.6 is 0 Å². The molecule has 0 aliphatic carbocycles. The van der Waals surface area contributed by atoms with Crippen molar-refractivity contribution in [1.82, 2.24) is 0 Å². The summed E-state index contributed by atoms with van der Waals surface area (Å²) in [5, 5.41) is 21.7. The number of para-hydroxylation sites is 1. The Bertz CT molecular complexity index is 1310. The first-order chi connectivity index (χ1) is 16.4. The van der Waals surface area contributed by atoms with Gasteiger partial charge in [-0.25, -0.2) is 4.79 Å². The first kappa shape index (κ1) is 23.0. The van der Waals surface area contributed by atoms with Crippen LogP contribution in [0.2, 0.25) is 0 Å². The fourth-order valence-electron chi connectivity index (χ4n) is 4.77. The van der Waals surface area contributed by atoms with E-state index in [4.69, 9.17) is 4.74 Å². The van der Waals surface area contributed by atoms with Crippen LogP contribution in [0.1, 0.15) is 53.9 Å². The normalized spacial score (nSPS) is 14.6. The Hall–Kier alpha value is -4.18. The number of esters is 1. The zero-order chi connectivity index (χ0) is 24.4. The summed E-state index contributed by atoms with van der Waals surface area (Å²) in [4.78, 5) is 26.4. The van der Waals surface area contributed by atoms with Crippen molar-refractivity contribution in [2.45, 2.75) is 33.4 Å². The van der Waals surface area contributed by atoms with E-state index in [2.05, 4.69) is 26.0 Å². The third kappa shape index (κ3) is 3.99. The lowest BCUT2D eigenvalue weighted by Gasteiger charge is -2.41. The Balaban J connectivity index is 1.95. The number of carbonyl (C=O) groups excluding carboxylic acids is 1. The lowest BCUT2D eigenvalue weighted by Crippen LogP contribution is -2.36. The molecule has 2 bridgehead atoms. The van der Waals surface area contributed by atoms with E-state index in [9.17, 15) is 20.2 Å². The zero-order valence-corrected chi connectivity index (χ0v) is 19.3. The second kappa shape index (κ2) is 9.36. The number of anilines is 1. The summed E-state index contributed by atoms with van der Waals surface area (Å²) in [5.74, 6) is -0.536. The fraction of sp³-hybridized carbons (Fsp3) is 0.259. The van der Waals surface area contributed by atoms with Crippen molar-refractivity contribution in [3.05, 3.63) is 93.0 Å². The van der Waals surface area contributed by atoms with E-state index in [1.807, 2.05) is 35.2 Å². The maximum Gasteiger partial charge on any atom is 0.340 e. The highest BCUT2D eigenvalue weighted by Gasteiger charge is 2.37. The van der Waals surface area contributed by atoms with Gasteiger partial charge in [0.25, 0.3) is 5.69 Å². The van der Waals surface area contributed by atoms with Crippen molar-refractivity contribution in [1.29, 1.82) is 5.26 Å². The van der Waals surface area contributed by atoms with Crippen molar-refractivity contribution in [2.24, 2.45) is 5.92 Å². The molecule has 0 aromatic heterocycles. The minimum Gasteiger partial charge on any atom is -0.462 e. The number of carbonyl (C=O) groups is 1.